The second-order valence-corrected chi connectivity index (χ2v) is 9.58. The summed E-state index contributed by atoms with van der Waals surface area (Å²) in [7, 11) is 1.54. The molecule has 2 aromatic carbocycles. The number of aliphatic hydroxyl groups excluding tert-OH is 1. The number of rotatable bonds is 4. The highest BCUT2D eigenvalue weighted by Crippen LogP contribution is 2.42. The van der Waals surface area contributed by atoms with E-state index in [1.165, 1.54) is 7.11 Å². The molecular formula is C25H31N3O3. The molecule has 0 spiro atoms. The molecule has 0 heterocycles. The normalized spacial score (nSPS) is 18.1. The highest BCUT2D eigenvalue weighted by molar-refractivity contribution is 5.92. The van der Waals surface area contributed by atoms with Gasteiger partial charge in [0, 0.05) is 13.8 Å². The van der Waals surface area contributed by atoms with Gasteiger partial charge in [-0.05, 0) is 40.7 Å². The first-order valence-electron chi connectivity index (χ1n) is 10.4. The third-order valence-electron chi connectivity index (χ3n) is 5.86. The van der Waals surface area contributed by atoms with Gasteiger partial charge in [0.2, 0.25) is 0 Å². The van der Waals surface area contributed by atoms with Crippen molar-refractivity contribution in [1.29, 1.82) is 0 Å². The number of hydrogen-bond donors (Lipinski definition) is 3. The van der Waals surface area contributed by atoms with Gasteiger partial charge >= 0.3 is 6.03 Å². The molecule has 3 N–H and O–H groups in total. The average molecular weight is 422 g/mol. The van der Waals surface area contributed by atoms with Crippen molar-refractivity contribution in [3.8, 4) is 5.75 Å². The van der Waals surface area contributed by atoms with Gasteiger partial charge in [0.05, 0.1) is 30.5 Å². The maximum atomic E-state index is 12.9. The number of methoxy groups -OCH3 is 1. The molecule has 6 heteroatoms. The summed E-state index contributed by atoms with van der Waals surface area (Å²) >= 11 is 0. The molecule has 0 aliphatic heterocycles. The zero-order valence-electron chi connectivity index (χ0n) is 19.0. The van der Waals surface area contributed by atoms with E-state index in [2.05, 4.69) is 36.2 Å². The van der Waals surface area contributed by atoms with Crippen LogP contribution in [0, 0.1) is 6.57 Å². The molecule has 0 unspecified atom stereocenters. The summed E-state index contributed by atoms with van der Waals surface area (Å²) in [5, 5.41) is 16.4. The number of nitrogens with zero attached hydrogens (tertiary/aromatic N) is 1. The standard InChI is InChI=1S/C25H31N3O3/c1-24(2,3)16-13-18(25(4,5)26-6)22(31-7)20(14-16)28-23(30)27-19-12-15-10-8-9-11-17(15)21(19)29/h8-11,13-14,19,21,29H,12H2,1-5,7H3,(H2,27,28,30)/t19-,21+/m1/s1. The zero-order valence-corrected chi connectivity index (χ0v) is 19.0. The van der Waals surface area contributed by atoms with Gasteiger partial charge in [-0.2, -0.15) is 0 Å². The molecule has 1 aliphatic rings. The predicted molar refractivity (Wildman–Crippen MR) is 122 cm³/mol. The van der Waals surface area contributed by atoms with Crippen molar-refractivity contribution >= 4 is 11.7 Å². The van der Waals surface area contributed by atoms with Crippen molar-refractivity contribution in [3.05, 3.63) is 70.1 Å². The first kappa shape index (κ1) is 22.6. The van der Waals surface area contributed by atoms with E-state index in [0.29, 0.717) is 17.9 Å². The van der Waals surface area contributed by atoms with Crippen LogP contribution in [-0.2, 0) is 17.4 Å². The number of hydrogen-bond acceptors (Lipinski definition) is 3. The molecule has 164 valence electrons. The second kappa shape index (κ2) is 8.24. The van der Waals surface area contributed by atoms with Crippen molar-refractivity contribution in [2.45, 2.75) is 64.1 Å². The Kier molecular flexibility index (Phi) is 6.02. The molecule has 3 rings (SSSR count). The Labute approximate surface area is 184 Å². The van der Waals surface area contributed by atoms with Crippen LogP contribution in [0.5, 0.6) is 5.75 Å². The van der Waals surface area contributed by atoms with Crippen LogP contribution in [0.25, 0.3) is 4.85 Å². The summed E-state index contributed by atoms with van der Waals surface area (Å²) < 4.78 is 5.64. The Balaban J connectivity index is 1.91. The fraction of sp³-hybridized carbons (Fsp3) is 0.440. The van der Waals surface area contributed by atoms with Gasteiger partial charge in [0.1, 0.15) is 0 Å². The van der Waals surface area contributed by atoms with Crippen LogP contribution in [0.1, 0.15) is 63.0 Å². The SMILES string of the molecule is [C-]#[N+]C(C)(C)c1cc(C(C)(C)C)cc(NC(=O)N[C@@H]2Cc3ccccc3[C@@H]2O)c1OC. The molecule has 0 fully saturated rings. The molecule has 0 aromatic heterocycles. The van der Waals surface area contributed by atoms with E-state index in [4.69, 9.17) is 11.3 Å². The number of benzene rings is 2. The number of carbonyl (C=O) groups excluding carboxylic acids is 1. The molecule has 0 radical (unpaired) electrons. The Hall–Kier alpha value is -3.04. The first-order valence-corrected chi connectivity index (χ1v) is 10.4. The van der Waals surface area contributed by atoms with E-state index >= 15 is 0 Å². The van der Waals surface area contributed by atoms with Crippen LogP contribution in [0.3, 0.4) is 0 Å². The van der Waals surface area contributed by atoms with Crippen LogP contribution >= 0.6 is 0 Å². The molecule has 2 amide bonds. The highest BCUT2D eigenvalue weighted by Gasteiger charge is 2.35. The Morgan fingerprint density at radius 3 is 2.45 bits per heavy atom. The topological polar surface area (TPSA) is 75.0 Å². The Bertz CT molecular complexity index is 1030. The van der Waals surface area contributed by atoms with E-state index in [1.807, 2.05) is 50.2 Å². The van der Waals surface area contributed by atoms with E-state index in [1.54, 1.807) is 0 Å². The fourth-order valence-electron chi connectivity index (χ4n) is 3.92. The molecule has 6 nitrogen and oxygen atoms in total. The van der Waals surface area contributed by atoms with Crippen LogP contribution in [0.2, 0.25) is 0 Å². The summed E-state index contributed by atoms with van der Waals surface area (Å²) in [6.07, 6.45) is -0.179. The predicted octanol–water partition coefficient (Wildman–Crippen LogP) is 4.93. The summed E-state index contributed by atoms with van der Waals surface area (Å²) in [4.78, 5) is 16.6. The van der Waals surface area contributed by atoms with Crippen molar-refractivity contribution in [1.82, 2.24) is 5.32 Å². The van der Waals surface area contributed by atoms with Gasteiger partial charge in [-0.3, -0.25) is 0 Å². The van der Waals surface area contributed by atoms with Crippen molar-refractivity contribution in [2.24, 2.45) is 0 Å². The molecule has 0 saturated heterocycles. The fourth-order valence-corrected chi connectivity index (χ4v) is 3.92. The number of aliphatic hydroxyl groups is 1. The van der Waals surface area contributed by atoms with Gasteiger partial charge in [-0.15, -0.1) is 0 Å². The quantitative estimate of drug-likeness (QED) is 0.613. The number of urea groups is 1. The minimum atomic E-state index is -0.817. The average Bonchev–Trinajstić information content (AvgIpc) is 3.02. The van der Waals surface area contributed by atoms with Gasteiger partial charge in [-0.25, -0.2) is 11.4 Å². The summed E-state index contributed by atoms with van der Waals surface area (Å²) in [6, 6.07) is 10.7. The lowest BCUT2D eigenvalue weighted by molar-refractivity contribution is 0.145. The minimum absolute atomic E-state index is 0.185. The smallest absolute Gasteiger partial charge is 0.319 e. The number of nitrogens with one attached hydrogen (secondary N) is 2. The lowest BCUT2D eigenvalue weighted by Crippen LogP contribution is -2.40. The molecule has 31 heavy (non-hydrogen) atoms. The maximum absolute atomic E-state index is 12.9. The highest BCUT2D eigenvalue weighted by atomic mass is 16.5. The lowest BCUT2D eigenvalue weighted by Gasteiger charge is -2.26. The monoisotopic (exact) mass is 421 g/mol. The van der Waals surface area contributed by atoms with Crippen LogP contribution in [-0.4, -0.2) is 24.3 Å². The third-order valence-corrected chi connectivity index (χ3v) is 5.86. The molecule has 2 atom stereocenters. The summed E-state index contributed by atoms with van der Waals surface area (Å²) in [5.74, 6) is 0.472. The van der Waals surface area contributed by atoms with Crippen LogP contribution in [0.15, 0.2) is 36.4 Å². The van der Waals surface area contributed by atoms with E-state index < -0.39 is 23.7 Å². The van der Waals surface area contributed by atoms with Gasteiger partial charge in [0.15, 0.2) is 5.75 Å². The van der Waals surface area contributed by atoms with Crippen LogP contribution < -0.4 is 15.4 Å². The van der Waals surface area contributed by atoms with Crippen molar-refractivity contribution in [3.63, 3.8) is 0 Å². The van der Waals surface area contributed by atoms with Crippen LogP contribution in [0.4, 0.5) is 10.5 Å². The van der Waals surface area contributed by atoms with Crippen molar-refractivity contribution in [2.75, 3.05) is 12.4 Å². The number of carbonyl (C=O) groups is 1. The molecule has 0 bridgehead atoms. The number of fused-ring (bicyclic) bond motifs is 1. The minimum Gasteiger partial charge on any atom is -0.494 e. The Morgan fingerprint density at radius 2 is 1.87 bits per heavy atom. The third kappa shape index (κ3) is 4.52. The largest absolute Gasteiger partial charge is 0.494 e. The number of anilines is 1. The van der Waals surface area contributed by atoms with Gasteiger partial charge < -0.3 is 25.3 Å². The molecule has 1 aliphatic carbocycles. The summed E-state index contributed by atoms with van der Waals surface area (Å²) in [5.41, 5.74) is 3.10. The lowest BCUT2D eigenvalue weighted by atomic mass is 9.82. The van der Waals surface area contributed by atoms with E-state index in [0.717, 1.165) is 22.3 Å². The van der Waals surface area contributed by atoms with Gasteiger partial charge in [0.25, 0.3) is 5.54 Å². The first-order chi connectivity index (χ1) is 14.5. The maximum Gasteiger partial charge on any atom is 0.319 e. The second-order valence-electron chi connectivity index (χ2n) is 9.58. The van der Waals surface area contributed by atoms with E-state index in [-0.39, 0.29) is 5.41 Å². The zero-order chi connectivity index (χ0) is 23.0. The van der Waals surface area contributed by atoms with Crippen molar-refractivity contribution < 1.29 is 14.6 Å². The number of ether oxygens (including phenoxy) is 1. The molecular weight excluding hydrogens is 390 g/mol. The Morgan fingerprint density at radius 1 is 1.19 bits per heavy atom. The van der Waals surface area contributed by atoms with Gasteiger partial charge in [-0.1, -0.05) is 45.0 Å². The number of amides is 2. The molecule has 2 aromatic rings. The van der Waals surface area contributed by atoms with E-state index in [9.17, 15) is 9.90 Å². The molecule has 0 saturated carbocycles. The summed E-state index contributed by atoms with van der Waals surface area (Å²) in [6.45, 7) is 17.5.